The molecule has 1 atom stereocenters. The van der Waals surface area contributed by atoms with E-state index in [9.17, 15) is 14.0 Å². The summed E-state index contributed by atoms with van der Waals surface area (Å²) in [5, 5.41) is 8.30. The lowest BCUT2D eigenvalue weighted by Crippen LogP contribution is -2.37. The summed E-state index contributed by atoms with van der Waals surface area (Å²) in [4.78, 5) is 24.0. The largest absolute Gasteiger partial charge is 0.350 e. The maximum atomic E-state index is 13.8. The fourth-order valence-electron chi connectivity index (χ4n) is 1.54. The molecule has 0 spiro atoms. The van der Waals surface area contributed by atoms with Gasteiger partial charge < -0.3 is 16.0 Å². The molecule has 23 heavy (non-hydrogen) atoms. The van der Waals surface area contributed by atoms with E-state index in [1.165, 1.54) is 18.2 Å². The van der Waals surface area contributed by atoms with E-state index in [0.717, 1.165) is 0 Å². The summed E-state index contributed by atoms with van der Waals surface area (Å²) in [6, 6.07) is 4.04. The molecular formula is C16H25ClFN3O2. The van der Waals surface area contributed by atoms with Gasteiger partial charge in [0.25, 0.3) is 5.91 Å². The first-order chi connectivity index (χ1) is 10.1. The smallest absolute Gasteiger partial charge is 0.254 e. The van der Waals surface area contributed by atoms with Crippen LogP contribution in [0.3, 0.4) is 0 Å². The van der Waals surface area contributed by atoms with Crippen LogP contribution in [0, 0.1) is 11.2 Å². The van der Waals surface area contributed by atoms with Crippen LogP contribution >= 0.6 is 12.4 Å². The molecule has 1 aromatic rings. The number of anilines is 1. The summed E-state index contributed by atoms with van der Waals surface area (Å²) in [7, 11) is 1.78. The van der Waals surface area contributed by atoms with Gasteiger partial charge in [-0.15, -0.1) is 12.4 Å². The van der Waals surface area contributed by atoms with E-state index < -0.39 is 17.1 Å². The zero-order chi connectivity index (χ0) is 16.9. The van der Waals surface area contributed by atoms with Crippen molar-refractivity contribution in [1.82, 2.24) is 10.6 Å². The first-order valence-electron chi connectivity index (χ1n) is 7.21. The van der Waals surface area contributed by atoms with Crippen LogP contribution in [-0.4, -0.2) is 31.4 Å². The minimum Gasteiger partial charge on any atom is -0.350 e. The summed E-state index contributed by atoms with van der Waals surface area (Å²) in [6.07, 6.45) is 0. The molecular weight excluding hydrogens is 321 g/mol. The number of rotatable bonds is 5. The van der Waals surface area contributed by atoms with Crippen molar-refractivity contribution in [2.45, 2.75) is 33.7 Å². The molecule has 0 aromatic heterocycles. The van der Waals surface area contributed by atoms with Crippen LogP contribution in [0.4, 0.5) is 10.1 Å². The highest BCUT2D eigenvalue weighted by Crippen LogP contribution is 2.19. The molecule has 1 rings (SSSR count). The average Bonchev–Trinajstić information content (AvgIpc) is 2.45. The lowest BCUT2D eigenvalue weighted by molar-refractivity contribution is -0.123. The second-order valence-electron chi connectivity index (χ2n) is 6.30. The molecule has 0 aliphatic heterocycles. The predicted octanol–water partition coefficient (Wildman–Crippen LogP) is 2.57. The Morgan fingerprint density at radius 2 is 1.87 bits per heavy atom. The quantitative estimate of drug-likeness (QED) is 0.768. The van der Waals surface area contributed by atoms with E-state index in [1.807, 2.05) is 6.92 Å². The molecule has 0 heterocycles. The van der Waals surface area contributed by atoms with E-state index >= 15 is 0 Å². The number of likely N-dealkylation sites (N-methyl/N-ethyl adjacent to an activating group) is 1. The third-order valence-corrected chi connectivity index (χ3v) is 3.21. The number of hydrogen-bond donors (Lipinski definition) is 3. The van der Waals surface area contributed by atoms with E-state index in [0.29, 0.717) is 12.2 Å². The minimum atomic E-state index is -0.622. The van der Waals surface area contributed by atoms with Gasteiger partial charge in [0.2, 0.25) is 5.91 Å². The Morgan fingerprint density at radius 3 is 2.39 bits per heavy atom. The Bertz CT molecular complexity index is 559. The maximum absolute atomic E-state index is 13.8. The molecule has 0 radical (unpaired) electrons. The van der Waals surface area contributed by atoms with E-state index in [4.69, 9.17) is 0 Å². The van der Waals surface area contributed by atoms with Crippen LogP contribution in [0.15, 0.2) is 18.2 Å². The van der Waals surface area contributed by atoms with Crippen LogP contribution in [0.5, 0.6) is 0 Å². The third kappa shape index (κ3) is 6.54. The molecule has 3 N–H and O–H groups in total. The van der Waals surface area contributed by atoms with Crippen molar-refractivity contribution in [3.8, 4) is 0 Å². The second-order valence-corrected chi connectivity index (χ2v) is 6.30. The first-order valence-corrected chi connectivity index (χ1v) is 7.21. The van der Waals surface area contributed by atoms with Crippen molar-refractivity contribution in [2.24, 2.45) is 5.41 Å². The Hall–Kier alpha value is -1.66. The lowest BCUT2D eigenvalue weighted by atomic mass is 9.95. The molecule has 0 aliphatic rings. The summed E-state index contributed by atoms with van der Waals surface area (Å²) in [5.41, 5.74) is -0.262. The Morgan fingerprint density at radius 1 is 1.26 bits per heavy atom. The van der Waals surface area contributed by atoms with Crippen molar-refractivity contribution < 1.29 is 14.0 Å². The zero-order valence-electron chi connectivity index (χ0n) is 14.1. The standard InChI is InChI=1S/C16H24FN3O2.ClH/c1-10(18-5)9-19-14(21)12-8-11(6-7-13(12)17)20-15(22)16(2,3)4;/h6-8,10,18H,9H2,1-5H3,(H,19,21)(H,20,22);1H. The van der Waals surface area contributed by atoms with Gasteiger partial charge in [0.05, 0.1) is 5.56 Å². The Labute approximate surface area is 142 Å². The molecule has 0 fully saturated rings. The van der Waals surface area contributed by atoms with Crippen LogP contribution in [0.2, 0.25) is 0 Å². The van der Waals surface area contributed by atoms with Gasteiger partial charge in [-0.25, -0.2) is 4.39 Å². The Kier molecular flexibility index (Phi) is 8.20. The average molecular weight is 346 g/mol. The number of nitrogens with one attached hydrogen (secondary N) is 3. The summed E-state index contributed by atoms with van der Waals surface area (Å²) in [6.45, 7) is 7.61. The first kappa shape index (κ1) is 21.3. The van der Waals surface area contributed by atoms with E-state index in [-0.39, 0.29) is 29.9 Å². The molecule has 2 amide bonds. The topological polar surface area (TPSA) is 70.2 Å². The summed E-state index contributed by atoms with van der Waals surface area (Å²) < 4.78 is 13.8. The summed E-state index contributed by atoms with van der Waals surface area (Å²) >= 11 is 0. The monoisotopic (exact) mass is 345 g/mol. The predicted molar refractivity (Wildman–Crippen MR) is 92.6 cm³/mol. The Balaban J connectivity index is 0.00000484. The highest BCUT2D eigenvalue weighted by atomic mass is 35.5. The summed E-state index contributed by atoms with van der Waals surface area (Å²) in [5.74, 6) is -1.33. The molecule has 7 heteroatoms. The van der Waals surface area contributed by atoms with Crippen molar-refractivity contribution in [3.63, 3.8) is 0 Å². The van der Waals surface area contributed by atoms with Crippen LogP contribution in [-0.2, 0) is 4.79 Å². The van der Waals surface area contributed by atoms with Gasteiger partial charge in [0, 0.05) is 23.7 Å². The molecule has 1 unspecified atom stereocenters. The molecule has 0 bridgehead atoms. The number of amides is 2. The van der Waals surface area contributed by atoms with Gasteiger partial charge in [0.15, 0.2) is 0 Å². The number of hydrogen-bond acceptors (Lipinski definition) is 3. The zero-order valence-corrected chi connectivity index (χ0v) is 14.9. The number of carbonyl (C=O) groups excluding carboxylic acids is 2. The van der Waals surface area contributed by atoms with E-state index in [2.05, 4.69) is 16.0 Å². The fraction of sp³-hybridized carbons (Fsp3) is 0.500. The highest BCUT2D eigenvalue weighted by Gasteiger charge is 2.22. The second kappa shape index (κ2) is 8.84. The molecule has 130 valence electrons. The van der Waals surface area contributed by atoms with E-state index in [1.54, 1.807) is 27.8 Å². The molecule has 0 aliphatic carbocycles. The van der Waals surface area contributed by atoms with Gasteiger partial charge in [-0.05, 0) is 32.2 Å². The van der Waals surface area contributed by atoms with Crippen molar-refractivity contribution in [3.05, 3.63) is 29.6 Å². The van der Waals surface area contributed by atoms with Gasteiger partial charge in [-0.1, -0.05) is 20.8 Å². The van der Waals surface area contributed by atoms with Crippen molar-refractivity contribution in [1.29, 1.82) is 0 Å². The number of carbonyl (C=O) groups is 2. The number of halogens is 2. The van der Waals surface area contributed by atoms with Crippen LogP contribution in [0.25, 0.3) is 0 Å². The fourth-order valence-corrected chi connectivity index (χ4v) is 1.54. The highest BCUT2D eigenvalue weighted by molar-refractivity contribution is 5.98. The minimum absolute atomic E-state index is 0. The molecule has 0 saturated heterocycles. The maximum Gasteiger partial charge on any atom is 0.254 e. The molecule has 5 nitrogen and oxygen atoms in total. The van der Waals surface area contributed by atoms with Crippen LogP contribution < -0.4 is 16.0 Å². The van der Waals surface area contributed by atoms with Gasteiger partial charge in [-0.2, -0.15) is 0 Å². The van der Waals surface area contributed by atoms with Gasteiger partial charge >= 0.3 is 0 Å². The van der Waals surface area contributed by atoms with Gasteiger partial charge in [-0.3, -0.25) is 9.59 Å². The molecule has 1 aromatic carbocycles. The van der Waals surface area contributed by atoms with Crippen molar-refractivity contribution >= 4 is 29.9 Å². The van der Waals surface area contributed by atoms with Crippen LogP contribution in [0.1, 0.15) is 38.1 Å². The third-order valence-electron chi connectivity index (χ3n) is 3.21. The number of benzene rings is 1. The van der Waals surface area contributed by atoms with Gasteiger partial charge in [0.1, 0.15) is 5.82 Å². The normalized spacial score (nSPS) is 12.1. The van der Waals surface area contributed by atoms with Crippen molar-refractivity contribution in [2.75, 3.05) is 18.9 Å². The molecule has 0 saturated carbocycles. The lowest BCUT2D eigenvalue weighted by Gasteiger charge is -2.18. The SMILES string of the molecule is CNC(C)CNC(=O)c1cc(NC(=O)C(C)(C)C)ccc1F.Cl.